The molecule has 0 aliphatic carbocycles. The summed E-state index contributed by atoms with van der Waals surface area (Å²) < 4.78 is 0. The second-order valence-corrected chi connectivity index (χ2v) is 7.79. The van der Waals surface area contributed by atoms with Crippen molar-refractivity contribution < 1.29 is 4.79 Å². The van der Waals surface area contributed by atoms with Crippen molar-refractivity contribution in [2.75, 3.05) is 13.6 Å². The molecule has 0 aromatic heterocycles. The van der Waals surface area contributed by atoms with Gasteiger partial charge in [0, 0.05) is 18.6 Å². The lowest BCUT2D eigenvalue weighted by molar-refractivity contribution is -0.134. The number of piperidine rings is 1. The van der Waals surface area contributed by atoms with Crippen LogP contribution in [0.15, 0.2) is 0 Å². The van der Waals surface area contributed by atoms with Crippen LogP contribution in [0.25, 0.3) is 0 Å². The van der Waals surface area contributed by atoms with Crippen LogP contribution in [-0.2, 0) is 4.79 Å². The Bertz CT molecular complexity index is 369. The first kappa shape index (κ1) is 16.8. The maximum atomic E-state index is 12.9. The third kappa shape index (κ3) is 3.59. The van der Waals surface area contributed by atoms with Gasteiger partial charge < -0.3 is 9.80 Å². The van der Waals surface area contributed by atoms with Gasteiger partial charge in [0.05, 0.1) is 12.2 Å². The van der Waals surface area contributed by atoms with E-state index in [-0.39, 0.29) is 12.2 Å². The van der Waals surface area contributed by atoms with Gasteiger partial charge in [0.25, 0.3) is 0 Å². The molecule has 1 N–H and O–H groups in total. The first-order valence-corrected chi connectivity index (χ1v) is 8.59. The fourth-order valence-electron chi connectivity index (χ4n) is 3.73. The maximum Gasteiger partial charge on any atom is 0.241 e. The smallest absolute Gasteiger partial charge is 0.241 e. The molecule has 0 spiro atoms. The summed E-state index contributed by atoms with van der Waals surface area (Å²) >= 11 is 0. The van der Waals surface area contributed by atoms with Gasteiger partial charge in [-0.2, -0.15) is 0 Å². The third-order valence-corrected chi connectivity index (χ3v) is 5.16. The van der Waals surface area contributed by atoms with Gasteiger partial charge >= 0.3 is 0 Å². The van der Waals surface area contributed by atoms with Crippen molar-refractivity contribution in [3.8, 4) is 0 Å². The van der Waals surface area contributed by atoms with E-state index >= 15 is 0 Å². The van der Waals surface area contributed by atoms with E-state index in [1.807, 2.05) is 0 Å². The Morgan fingerprint density at radius 3 is 2.48 bits per heavy atom. The highest BCUT2D eigenvalue weighted by Gasteiger charge is 2.44. The van der Waals surface area contributed by atoms with E-state index in [4.69, 9.17) is 0 Å². The Morgan fingerprint density at radius 2 is 1.95 bits per heavy atom. The number of hydrogen-bond acceptors (Lipinski definition) is 3. The number of nitrogens with zero attached hydrogens (tertiary/aromatic N) is 2. The average Bonchev–Trinajstić information content (AvgIpc) is 2.69. The highest BCUT2D eigenvalue weighted by atomic mass is 16.2. The van der Waals surface area contributed by atoms with E-state index in [1.54, 1.807) is 0 Å². The summed E-state index contributed by atoms with van der Waals surface area (Å²) in [5, 5.41) is 3.61. The minimum atomic E-state index is 0.00344. The number of amides is 1. The summed E-state index contributed by atoms with van der Waals surface area (Å²) in [7, 11) is 2.19. The van der Waals surface area contributed by atoms with E-state index in [9.17, 15) is 4.79 Å². The predicted molar refractivity (Wildman–Crippen MR) is 87.0 cm³/mol. The van der Waals surface area contributed by atoms with Gasteiger partial charge in [-0.15, -0.1) is 0 Å². The monoisotopic (exact) mass is 295 g/mol. The molecule has 1 amide bonds. The van der Waals surface area contributed by atoms with Crippen molar-refractivity contribution >= 4 is 5.91 Å². The maximum absolute atomic E-state index is 12.9. The number of carbonyl (C=O) groups excluding carboxylic acids is 1. The molecule has 0 saturated carbocycles. The molecule has 21 heavy (non-hydrogen) atoms. The summed E-state index contributed by atoms with van der Waals surface area (Å²) in [4.78, 5) is 17.5. The molecule has 0 bridgehead atoms. The van der Waals surface area contributed by atoms with Gasteiger partial charge in [-0.3, -0.25) is 10.1 Å². The fraction of sp³-hybridized carbons (Fsp3) is 0.941. The summed E-state index contributed by atoms with van der Waals surface area (Å²) in [6, 6.07) is 0.974. The number of hydrogen-bond donors (Lipinski definition) is 1. The molecule has 2 saturated heterocycles. The molecule has 2 aliphatic heterocycles. The molecule has 0 aromatic rings. The van der Waals surface area contributed by atoms with E-state index in [0.29, 0.717) is 29.8 Å². The van der Waals surface area contributed by atoms with Crippen LogP contribution in [0.5, 0.6) is 0 Å². The van der Waals surface area contributed by atoms with Crippen LogP contribution in [-0.4, -0.2) is 53.6 Å². The van der Waals surface area contributed by atoms with Gasteiger partial charge in [-0.25, -0.2) is 0 Å². The molecule has 2 rings (SSSR count). The molecule has 2 aliphatic rings. The normalized spacial score (nSPS) is 35.2. The molecule has 0 aromatic carbocycles. The highest BCUT2D eigenvalue weighted by molar-refractivity contribution is 5.85. The zero-order chi connectivity index (χ0) is 15.7. The Hall–Kier alpha value is -0.610. The van der Waals surface area contributed by atoms with Crippen molar-refractivity contribution in [2.24, 2.45) is 11.8 Å². The average molecular weight is 295 g/mol. The van der Waals surface area contributed by atoms with Crippen molar-refractivity contribution in [2.45, 2.75) is 78.2 Å². The van der Waals surface area contributed by atoms with Crippen LogP contribution in [0, 0.1) is 11.8 Å². The van der Waals surface area contributed by atoms with Crippen molar-refractivity contribution in [1.29, 1.82) is 0 Å². The van der Waals surface area contributed by atoms with Gasteiger partial charge in [0.2, 0.25) is 5.91 Å². The number of carbonyl (C=O) groups is 1. The van der Waals surface area contributed by atoms with Crippen LogP contribution in [0.3, 0.4) is 0 Å². The Morgan fingerprint density at radius 1 is 1.29 bits per heavy atom. The minimum absolute atomic E-state index is 0.00344. The van der Waals surface area contributed by atoms with Crippen LogP contribution >= 0.6 is 0 Å². The third-order valence-electron chi connectivity index (χ3n) is 5.16. The van der Waals surface area contributed by atoms with Gasteiger partial charge in [-0.05, 0) is 45.1 Å². The molecule has 4 unspecified atom stereocenters. The number of rotatable bonds is 4. The quantitative estimate of drug-likeness (QED) is 0.864. The van der Waals surface area contributed by atoms with E-state index in [1.165, 1.54) is 0 Å². The Balaban J connectivity index is 2.14. The molecular formula is C17H33N3O. The minimum Gasteiger partial charge on any atom is -0.323 e. The molecule has 4 nitrogen and oxygen atoms in total. The fourth-order valence-corrected chi connectivity index (χ4v) is 3.73. The lowest BCUT2D eigenvalue weighted by atomic mass is 9.95. The Labute approximate surface area is 130 Å². The molecule has 4 heteroatoms. The number of likely N-dealkylation sites (tertiary alicyclic amines) is 1. The van der Waals surface area contributed by atoms with Gasteiger partial charge in [-0.1, -0.05) is 27.7 Å². The standard InChI is InChI=1S/C17H33N3O/c1-11(2)9-15-18-16(12(3)4)17(21)20(15)14-7-8-19(6)13(5)10-14/h11-16,18H,7-10H2,1-6H3. The molecule has 2 heterocycles. The summed E-state index contributed by atoms with van der Waals surface area (Å²) in [6.07, 6.45) is 3.48. The molecule has 4 atom stereocenters. The lowest BCUT2D eigenvalue weighted by Crippen LogP contribution is -2.52. The zero-order valence-electron chi connectivity index (χ0n) is 14.6. The zero-order valence-corrected chi connectivity index (χ0v) is 14.6. The van der Waals surface area contributed by atoms with Crippen LogP contribution in [0.2, 0.25) is 0 Å². The van der Waals surface area contributed by atoms with Crippen LogP contribution in [0.4, 0.5) is 0 Å². The summed E-state index contributed by atoms with van der Waals surface area (Å²) in [5.74, 6) is 1.30. The molecule has 2 fully saturated rings. The van der Waals surface area contributed by atoms with Crippen molar-refractivity contribution in [1.82, 2.24) is 15.1 Å². The molecular weight excluding hydrogens is 262 g/mol. The van der Waals surface area contributed by atoms with E-state index < -0.39 is 0 Å². The first-order chi connectivity index (χ1) is 9.81. The Kier molecular flexibility index (Phi) is 5.31. The van der Waals surface area contributed by atoms with Crippen molar-refractivity contribution in [3.63, 3.8) is 0 Å². The number of nitrogens with one attached hydrogen (secondary N) is 1. The van der Waals surface area contributed by atoms with Gasteiger partial charge in [0.15, 0.2) is 0 Å². The largest absolute Gasteiger partial charge is 0.323 e. The van der Waals surface area contributed by atoms with E-state index in [2.05, 4.69) is 56.8 Å². The summed E-state index contributed by atoms with van der Waals surface area (Å²) in [6.45, 7) is 12.1. The van der Waals surface area contributed by atoms with Crippen LogP contribution in [0.1, 0.15) is 53.9 Å². The van der Waals surface area contributed by atoms with Gasteiger partial charge in [0.1, 0.15) is 0 Å². The SMILES string of the molecule is CC(C)CC1NC(C(C)C)C(=O)N1C1CCN(C)C(C)C1. The second kappa shape index (κ2) is 6.66. The topological polar surface area (TPSA) is 35.6 Å². The highest BCUT2D eigenvalue weighted by Crippen LogP contribution is 2.29. The van der Waals surface area contributed by atoms with Crippen LogP contribution < -0.4 is 5.32 Å². The second-order valence-electron chi connectivity index (χ2n) is 7.79. The first-order valence-electron chi connectivity index (χ1n) is 8.59. The lowest BCUT2D eigenvalue weighted by Gasteiger charge is -2.41. The molecule has 0 radical (unpaired) electrons. The molecule has 122 valence electrons. The van der Waals surface area contributed by atoms with E-state index in [0.717, 1.165) is 25.8 Å². The predicted octanol–water partition coefficient (Wildman–Crippen LogP) is 2.30. The van der Waals surface area contributed by atoms with Crippen molar-refractivity contribution in [3.05, 3.63) is 0 Å². The summed E-state index contributed by atoms with van der Waals surface area (Å²) in [5.41, 5.74) is 0.